The molecule has 0 fully saturated rings. The largest absolute Gasteiger partial charge is 0.465 e. The number of imide groups is 1. The van der Waals surface area contributed by atoms with Crippen molar-refractivity contribution in [3.05, 3.63) is 100 Å². The number of ether oxygens (including phenoxy) is 2. The molecule has 0 atom stereocenters. The van der Waals surface area contributed by atoms with E-state index in [1.54, 1.807) is 43.3 Å². The minimum atomic E-state index is -0.754. The molecule has 39 heavy (non-hydrogen) atoms. The van der Waals surface area contributed by atoms with Gasteiger partial charge in [-0.15, -0.1) is 0 Å². The van der Waals surface area contributed by atoms with Crippen molar-refractivity contribution in [2.45, 2.75) is 6.92 Å². The normalized spacial score (nSPS) is 12.8. The molecule has 0 spiro atoms. The Morgan fingerprint density at radius 2 is 1.46 bits per heavy atom. The summed E-state index contributed by atoms with van der Waals surface area (Å²) in [6, 6.07) is 18.3. The molecule has 198 valence electrons. The highest BCUT2D eigenvalue weighted by molar-refractivity contribution is 6.53. The number of esters is 2. The van der Waals surface area contributed by atoms with Crippen LogP contribution in [0.15, 0.2) is 83.5 Å². The van der Waals surface area contributed by atoms with E-state index in [1.165, 1.54) is 43.5 Å². The van der Waals surface area contributed by atoms with E-state index < -0.39 is 29.7 Å². The van der Waals surface area contributed by atoms with Gasteiger partial charge in [0.25, 0.3) is 17.7 Å². The molecule has 1 aliphatic rings. The molecule has 0 saturated heterocycles. The van der Waals surface area contributed by atoms with Crippen LogP contribution in [0.5, 0.6) is 0 Å². The van der Waals surface area contributed by atoms with Crippen LogP contribution in [-0.2, 0) is 19.1 Å². The summed E-state index contributed by atoms with van der Waals surface area (Å²) in [6.07, 6.45) is 0. The molecule has 0 radical (unpaired) electrons. The minimum absolute atomic E-state index is 0.149. The third-order valence-corrected chi connectivity index (χ3v) is 5.97. The molecule has 3 aromatic rings. The van der Waals surface area contributed by atoms with Crippen molar-refractivity contribution in [2.24, 2.45) is 0 Å². The summed E-state index contributed by atoms with van der Waals surface area (Å²) in [6.45, 7) is 1.98. The van der Waals surface area contributed by atoms with E-state index in [9.17, 15) is 24.0 Å². The Morgan fingerprint density at radius 3 is 2.10 bits per heavy atom. The molecule has 0 unspecified atom stereocenters. The lowest BCUT2D eigenvalue weighted by molar-refractivity contribution is -0.120. The summed E-state index contributed by atoms with van der Waals surface area (Å²) >= 11 is 6.19. The van der Waals surface area contributed by atoms with Crippen LogP contribution >= 0.6 is 11.6 Å². The van der Waals surface area contributed by atoms with Crippen molar-refractivity contribution >= 4 is 58.3 Å². The van der Waals surface area contributed by atoms with E-state index in [0.717, 1.165) is 4.90 Å². The predicted molar refractivity (Wildman–Crippen MR) is 144 cm³/mol. The standard InChI is InChI=1S/C28H22ClN3O7/c1-3-39-28(37)17-9-13-20(14-10-17)31-24(33)16-7-11-19(12-8-16)30-23-22(29)25(34)32(26(23)35)21-6-4-5-18(15-21)27(36)38-2/h4-15,30H,3H2,1-2H3,(H,31,33). The van der Waals surface area contributed by atoms with Crippen LogP contribution in [0.4, 0.5) is 17.1 Å². The van der Waals surface area contributed by atoms with Crippen LogP contribution in [-0.4, -0.2) is 43.4 Å². The summed E-state index contributed by atoms with van der Waals surface area (Å²) in [5, 5.41) is 5.24. The number of carbonyl (C=O) groups is 5. The third-order valence-electron chi connectivity index (χ3n) is 5.62. The maximum atomic E-state index is 13.1. The Bertz CT molecular complexity index is 1500. The van der Waals surface area contributed by atoms with E-state index in [2.05, 4.69) is 15.4 Å². The van der Waals surface area contributed by atoms with Crippen LogP contribution in [0, 0.1) is 0 Å². The quantitative estimate of drug-likeness (QED) is 0.314. The van der Waals surface area contributed by atoms with Crippen molar-refractivity contribution in [1.29, 1.82) is 0 Å². The summed E-state index contributed by atoms with van der Waals surface area (Å²) < 4.78 is 9.63. The van der Waals surface area contributed by atoms with Crippen LogP contribution in [0.3, 0.4) is 0 Å². The van der Waals surface area contributed by atoms with Gasteiger partial charge in [0, 0.05) is 16.9 Å². The van der Waals surface area contributed by atoms with Crippen LogP contribution in [0.1, 0.15) is 38.0 Å². The van der Waals surface area contributed by atoms with Crippen molar-refractivity contribution in [3.63, 3.8) is 0 Å². The molecular weight excluding hydrogens is 526 g/mol. The van der Waals surface area contributed by atoms with Crippen LogP contribution in [0.2, 0.25) is 0 Å². The molecule has 4 rings (SSSR count). The predicted octanol–water partition coefficient (Wildman–Crippen LogP) is 4.34. The summed E-state index contributed by atoms with van der Waals surface area (Å²) in [4.78, 5) is 62.9. The third kappa shape index (κ3) is 5.81. The molecule has 0 aliphatic carbocycles. The highest BCUT2D eigenvalue weighted by atomic mass is 35.5. The molecule has 0 bridgehead atoms. The van der Waals surface area contributed by atoms with Gasteiger partial charge < -0.3 is 20.1 Å². The van der Waals surface area contributed by atoms with Gasteiger partial charge in [-0.05, 0) is 73.7 Å². The number of nitrogens with zero attached hydrogens (tertiary/aromatic N) is 1. The van der Waals surface area contributed by atoms with Crippen molar-refractivity contribution in [3.8, 4) is 0 Å². The number of amides is 3. The molecule has 2 N–H and O–H groups in total. The number of benzene rings is 3. The fourth-order valence-corrected chi connectivity index (χ4v) is 3.90. The number of rotatable bonds is 8. The van der Waals surface area contributed by atoms with Crippen LogP contribution in [0.25, 0.3) is 0 Å². The molecule has 1 aliphatic heterocycles. The van der Waals surface area contributed by atoms with Gasteiger partial charge in [-0.1, -0.05) is 17.7 Å². The fourth-order valence-electron chi connectivity index (χ4n) is 3.69. The average Bonchev–Trinajstić information content (AvgIpc) is 3.16. The van der Waals surface area contributed by atoms with Crippen molar-refractivity contribution in [1.82, 2.24) is 0 Å². The van der Waals surface area contributed by atoms with Crippen molar-refractivity contribution < 1.29 is 33.4 Å². The number of methoxy groups -OCH3 is 1. The number of halogens is 1. The molecule has 3 aromatic carbocycles. The first-order valence-electron chi connectivity index (χ1n) is 11.7. The molecule has 1 heterocycles. The minimum Gasteiger partial charge on any atom is -0.465 e. The molecule has 3 amide bonds. The number of nitrogens with one attached hydrogen (secondary N) is 2. The summed E-state index contributed by atoms with van der Waals surface area (Å²) in [5.74, 6) is -2.93. The molecule has 0 saturated carbocycles. The lowest BCUT2D eigenvalue weighted by Crippen LogP contribution is -2.32. The zero-order valence-electron chi connectivity index (χ0n) is 20.8. The first-order valence-corrected chi connectivity index (χ1v) is 12.0. The van der Waals surface area contributed by atoms with E-state index >= 15 is 0 Å². The van der Waals surface area contributed by atoms with Gasteiger partial charge in [0.05, 0.1) is 30.5 Å². The Labute approximate surface area is 228 Å². The topological polar surface area (TPSA) is 131 Å². The highest BCUT2D eigenvalue weighted by Gasteiger charge is 2.39. The number of carbonyl (C=O) groups excluding carboxylic acids is 5. The fraction of sp³-hybridized carbons (Fsp3) is 0.107. The monoisotopic (exact) mass is 547 g/mol. The second-order valence-corrected chi connectivity index (χ2v) is 8.51. The maximum Gasteiger partial charge on any atom is 0.338 e. The van der Waals surface area contributed by atoms with Gasteiger partial charge >= 0.3 is 11.9 Å². The zero-order valence-corrected chi connectivity index (χ0v) is 21.6. The average molecular weight is 548 g/mol. The van der Waals surface area contributed by atoms with Gasteiger partial charge in [0.1, 0.15) is 10.7 Å². The molecule has 0 aromatic heterocycles. The number of anilines is 3. The lowest BCUT2D eigenvalue weighted by Gasteiger charge is -2.16. The van der Waals surface area contributed by atoms with Gasteiger partial charge in [-0.2, -0.15) is 0 Å². The van der Waals surface area contributed by atoms with E-state index in [4.69, 9.17) is 16.3 Å². The Kier molecular flexibility index (Phi) is 8.07. The van der Waals surface area contributed by atoms with Gasteiger partial charge in [0.2, 0.25) is 0 Å². The molecule has 10 nitrogen and oxygen atoms in total. The van der Waals surface area contributed by atoms with Crippen LogP contribution < -0.4 is 15.5 Å². The first kappa shape index (κ1) is 27.1. The zero-order chi connectivity index (χ0) is 28.1. The first-order chi connectivity index (χ1) is 18.7. The highest BCUT2D eigenvalue weighted by Crippen LogP contribution is 2.30. The Balaban J connectivity index is 1.43. The van der Waals surface area contributed by atoms with Crippen molar-refractivity contribution in [2.75, 3.05) is 29.3 Å². The van der Waals surface area contributed by atoms with Gasteiger partial charge in [-0.25, -0.2) is 14.5 Å². The van der Waals surface area contributed by atoms with E-state index in [-0.39, 0.29) is 28.6 Å². The molecular formula is C28H22ClN3O7. The Morgan fingerprint density at radius 1 is 0.821 bits per heavy atom. The lowest BCUT2D eigenvalue weighted by atomic mass is 10.1. The number of hydrogen-bond donors (Lipinski definition) is 2. The molecule has 11 heteroatoms. The van der Waals surface area contributed by atoms with Gasteiger partial charge in [0.15, 0.2) is 0 Å². The number of hydrogen-bond acceptors (Lipinski definition) is 8. The second kappa shape index (κ2) is 11.6. The smallest absolute Gasteiger partial charge is 0.338 e. The SMILES string of the molecule is CCOC(=O)c1ccc(NC(=O)c2ccc(NC3=C(Cl)C(=O)N(c4cccc(C(=O)OC)c4)C3=O)cc2)cc1. The summed E-state index contributed by atoms with van der Waals surface area (Å²) in [5.41, 5.74) is 1.76. The van der Waals surface area contributed by atoms with E-state index in [0.29, 0.717) is 22.5 Å². The maximum absolute atomic E-state index is 13.1. The second-order valence-electron chi connectivity index (χ2n) is 8.13. The Hall–Kier alpha value is -4.96. The summed E-state index contributed by atoms with van der Waals surface area (Å²) in [7, 11) is 1.22. The van der Waals surface area contributed by atoms with E-state index in [1.807, 2.05) is 0 Å². The van der Waals surface area contributed by atoms with Gasteiger partial charge in [-0.3, -0.25) is 14.4 Å².